The zero-order chi connectivity index (χ0) is 36.8. The molecule has 3 heterocycles. The van der Waals surface area contributed by atoms with Gasteiger partial charge in [0, 0.05) is 17.6 Å². The van der Waals surface area contributed by atoms with Crippen molar-refractivity contribution in [2.45, 2.75) is 96.8 Å². The normalized spacial score (nSPS) is 22.7. The Morgan fingerprint density at radius 3 is 2.24 bits per heavy atom. The minimum absolute atomic E-state index is 0.0898. The summed E-state index contributed by atoms with van der Waals surface area (Å²) in [7, 11) is -9.13. The highest BCUT2D eigenvalue weighted by atomic mass is 35.5. The lowest BCUT2D eigenvalue weighted by Gasteiger charge is -2.21. The second-order valence-electron chi connectivity index (χ2n) is 12.6. The molecule has 2 fully saturated rings. The topological polar surface area (TPSA) is 226 Å². The number of aliphatic hydroxyl groups is 2. The van der Waals surface area contributed by atoms with E-state index < -0.39 is 90.6 Å². The molecule has 1 aliphatic carbocycles. The van der Waals surface area contributed by atoms with E-state index in [2.05, 4.69) is 16.4 Å². The number of carbonyl (C=O) groups excluding carboxylic acids is 2. The zero-order valence-electron chi connectivity index (χ0n) is 28.3. The third-order valence-corrected chi connectivity index (χ3v) is 13.9. The number of fused-ring (bicyclic) bond motifs is 1. The molecule has 0 spiro atoms. The van der Waals surface area contributed by atoms with Gasteiger partial charge in [0.2, 0.25) is 13.6 Å². The molecule has 0 radical (unpaired) electrons. The summed E-state index contributed by atoms with van der Waals surface area (Å²) in [6.07, 6.45) is 0.138. The maximum Gasteiger partial charge on any atom is 0.351 e. The molecule has 0 amide bonds. The number of pyridine rings is 1. The van der Waals surface area contributed by atoms with Crippen molar-refractivity contribution in [1.82, 2.24) is 9.55 Å². The third-order valence-electron chi connectivity index (χ3n) is 8.95. The van der Waals surface area contributed by atoms with Crippen molar-refractivity contribution in [3.05, 3.63) is 23.0 Å². The van der Waals surface area contributed by atoms with Gasteiger partial charge in [-0.2, -0.15) is 5.26 Å². The Bertz CT molecular complexity index is 1700. The fourth-order valence-corrected chi connectivity index (χ4v) is 10.0. The van der Waals surface area contributed by atoms with Crippen LogP contribution >= 0.6 is 19.2 Å². The molecular formula is C31H44ClN4O12PS. The van der Waals surface area contributed by atoms with Crippen LogP contribution in [0, 0.1) is 23.2 Å². The number of rotatable bonds is 17. The number of carbonyl (C=O) groups is 2. The Morgan fingerprint density at radius 1 is 1.12 bits per heavy atom. The second kappa shape index (κ2) is 17.1. The smallest absolute Gasteiger partial charge is 0.351 e. The van der Waals surface area contributed by atoms with Crippen LogP contribution in [0.15, 0.2) is 12.3 Å². The van der Waals surface area contributed by atoms with Crippen LogP contribution in [0.5, 0.6) is 0 Å². The van der Waals surface area contributed by atoms with Crippen molar-refractivity contribution in [3.63, 3.8) is 0 Å². The number of ether oxygens (including phenoxy) is 3. The first-order valence-electron chi connectivity index (χ1n) is 16.4. The van der Waals surface area contributed by atoms with Gasteiger partial charge in [0.25, 0.3) is 0 Å². The maximum absolute atomic E-state index is 13.6. The Balaban J connectivity index is 1.51. The molecule has 3 N–H and O–H groups in total. The number of sulfone groups is 1. The van der Waals surface area contributed by atoms with Crippen LogP contribution in [-0.2, 0) is 47.2 Å². The average Bonchev–Trinajstić information content (AvgIpc) is 3.80. The molecule has 1 aliphatic heterocycles. The Morgan fingerprint density at radius 2 is 1.70 bits per heavy atom. The van der Waals surface area contributed by atoms with Crippen molar-refractivity contribution in [2.75, 3.05) is 30.1 Å². The van der Waals surface area contributed by atoms with Crippen LogP contribution in [0.25, 0.3) is 11.0 Å². The Hall–Kier alpha value is -2.81. The first kappa shape index (κ1) is 40.0. The SMILES string of the molecule is CC[C@@H](C)C(=O)OCOP(=O)(CS(=O)(=O)C[C@H]1O[C@@H](n2ccc3c(NC4CCCC4)c(C#N)c(Cl)nc32)[C@H](O)[C@@H]1O)OCOC(=O)[C@H](C)CC. The third kappa shape index (κ3) is 9.54. The molecular weight excluding hydrogens is 719 g/mol. The molecule has 1 saturated carbocycles. The van der Waals surface area contributed by atoms with Crippen LogP contribution in [0.2, 0.25) is 5.15 Å². The molecule has 50 heavy (non-hydrogen) atoms. The molecule has 278 valence electrons. The number of hydrogen-bond donors (Lipinski definition) is 3. The summed E-state index contributed by atoms with van der Waals surface area (Å²) in [5.74, 6) is -3.30. The Kier molecular flexibility index (Phi) is 13.7. The van der Waals surface area contributed by atoms with Crippen LogP contribution in [-0.4, -0.2) is 89.3 Å². The van der Waals surface area contributed by atoms with Gasteiger partial charge in [0.05, 0.1) is 23.3 Å². The number of esters is 2. The summed E-state index contributed by atoms with van der Waals surface area (Å²) in [5, 5.41) is 35.5. The van der Waals surface area contributed by atoms with Gasteiger partial charge in [-0.25, -0.2) is 13.4 Å². The largest absolute Gasteiger partial charge is 0.438 e. The van der Waals surface area contributed by atoms with E-state index >= 15 is 0 Å². The molecule has 1 saturated heterocycles. The van der Waals surface area contributed by atoms with Gasteiger partial charge in [0.1, 0.15) is 35.6 Å². The highest BCUT2D eigenvalue weighted by Gasteiger charge is 2.47. The summed E-state index contributed by atoms with van der Waals surface area (Å²) >= 11 is 6.40. The average molecular weight is 763 g/mol. The molecule has 0 bridgehead atoms. The molecule has 6 atom stereocenters. The molecule has 16 nitrogen and oxygen atoms in total. The van der Waals surface area contributed by atoms with E-state index in [0.29, 0.717) is 23.9 Å². The summed E-state index contributed by atoms with van der Waals surface area (Å²) in [5.41, 5.74) is -0.412. The van der Waals surface area contributed by atoms with E-state index in [1.54, 1.807) is 33.8 Å². The first-order chi connectivity index (χ1) is 23.6. The number of nitrogens with zero attached hydrogens (tertiary/aromatic N) is 3. The van der Waals surface area contributed by atoms with Crippen LogP contribution in [0.3, 0.4) is 0 Å². The summed E-state index contributed by atoms with van der Waals surface area (Å²) in [6, 6.07) is 3.86. The van der Waals surface area contributed by atoms with Crippen LogP contribution in [0.1, 0.15) is 78.0 Å². The number of aromatic nitrogens is 2. The van der Waals surface area contributed by atoms with E-state index in [1.807, 2.05) is 0 Å². The van der Waals surface area contributed by atoms with E-state index in [4.69, 9.17) is 34.9 Å². The summed E-state index contributed by atoms with van der Waals surface area (Å²) in [6.45, 7) is 4.90. The standard InChI is InChI=1S/C31H44ClN4O12PS/c1-5-18(3)30(39)44-15-46-49(41,47-16-45-31(40)19(4)6-2)17-50(42,43)14-23-25(37)26(38)29(48-23)36-12-11-21-24(34-20-9-7-8-10-20)22(13-33)27(32)35-28(21)36/h11-12,18-20,23,25-26,29,37-38H,5-10,14-17H2,1-4H3,(H,34,35)/t18-,19-,23-,25-,26-,29-/m1/s1. The first-order valence-corrected chi connectivity index (χ1v) is 20.4. The van der Waals surface area contributed by atoms with Crippen LogP contribution in [0.4, 0.5) is 5.69 Å². The predicted octanol–water partition coefficient (Wildman–Crippen LogP) is 4.23. The van der Waals surface area contributed by atoms with Gasteiger partial charge < -0.3 is 34.3 Å². The summed E-state index contributed by atoms with van der Waals surface area (Å²) < 4.78 is 67.8. The minimum Gasteiger partial charge on any atom is -0.438 e. The number of aliphatic hydroxyl groups excluding tert-OH is 2. The quantitative estimate of drug-likeness (QED) is 0.0887. The zero-order valence-corrected chi connectivity index (χ0v) is 30.8. The lowest BCUT2D eigenvalue weighted by molar-refractivity contribution is -0.156. The minimum atomic E-state index is -4.66. The Labute approximate surface area is 295 Å². The van der Waals surface area contributed by atoms with Crippen molar-refractivity contribution in [1.29, 1.82) is 5.26 Å². The van der Waals surface area contributed by atoms with Gasteiger partial charge >= 0.3 is 19.5 Å². The van der Waals surface area contributed by atoms with Gasteiger partial charge in [0.15, 0.2) is 26.7 Å². The fraction of sp³-hybridized carbons (Fsp3) is 0.677. The van der Waals surface area contributed by atoms with E-state index in [1.165, 1.54) is 10.8 Å². The van der Waals surface area contributed by atoms with Crippen LogP contribution < -0.4 is 5.32 Å². The summed E-state index contributed by atoms with van der Waals surface area (Å²) in [4.78, 5) is 28.5. The highest BCUT2D eigenvalue weighted by molar-refractivity contribution is 7.97. The molecule has 2 aromatic heterocycles. The number of nitrogens with one attached hydrogen (secondary N) is 1. The van der Waals surface area contributed by atoms with Crippen molar-refractivity contribution < 1.29 is 56.0 Å². The molecule has 0 unspecified atom stereocenters. The molecule has 2 aliphatic rings. The molecule has 0 aromatic carbocycles. The predicted molar refractivity (Wildman–Crippen MR) is 181 cm³/mol. The van der Waals surface area contributed by atoms with Gasteiger partial charge in [-0.1, -0.05) is 52.1 Å². The van der Waals surface area contributed by atoms with Gasteiger partial charge in [-0.3, -0.25) is 23.2 Å². The van der Waals surface area contributed by atoms with Crippen molar-refractivity contribution in [2.24, 2.45) is 11.8 Å². The van der Waals surface area contributed by atoms with Gasteiger partial charge in [-0.05, 0) is 31.7 Å². The second-order valence-corrected chi connectivity index (χ2v) is 17.5. The van der Waals surface area contributed by atoms with E-state index in [-0.39, 0.29) is 22.4 Å². The molecule has 4 rings (SSSR count). The van der Waals surface area contributed by atoms with Crippen molar-refractivity contribution >= 4 is 57.7 Å². The fourth-order valence-electron chi connectivity index (χ4n) is 5.57. The number of hydrogen-bond acceptors (Lipinski definition) is 15. The monoisotopic (exact) mass is 762 g/mol. The van der Waals surface area contributed by atoms with Crippen molar-refractivity contribution in [3.8, 4) is 6.07 Å². The maximum atomic E-state index is 13.6. The molecule has 19 heteroatoms. The van der Waals surface area contributed by atoms with E-state index in [0.717, 1.165) is 25.7 Å². The number of nitriles is 1. The van der Waals surface area contributed by atoms with E-state index in [9.17, 15) is 38.0 Å². The van der Waals surface area contributed by atoms with Gasteiger partial charge in [-0.15, -0.1) is 0 Å². The highest BCUT2D eigenvalue weighted by Crippen LogP contribution is 2.50. The number of halogens is 1. The lowest BCUT2D eigenvalue weighted by atomic mass is 10.1. The lowest BCUT2D eigenvalue weighted by Crippen LogP contribution is -2.36. The number of anilines is 1. The molecule has 2 aromatic rings.